The van der Waals surface area contributed by atoms with E-state index in [1.807, 2.05) is 24.4 Å². The van der Waals surface area contributed by atoms with E-state index in [0.717, 1.165) is 12.8 Å². The van der Waals surface area contributed by atoms with Crippen molar-refractivity contribution in [2.45, 2.75) is 38.3 Å². The molecule has 1 heterocycles. The van der Waals surface area contributed by atoms with E-state index in [4.69, 9.17) is 0 Å². The van der Waals surface area contributed by atoms with Crippen molar-refractivity contribution in [1.82, 2.24) is 10.6 Å². The van der Waals surface area contributed by atoms with Gasteiger partial charge in [0.2, 0.25) is 0 Å². The summed E-state index contributed by atoms with van der Waals surface area (Å²) < 4.78 is 0. The van der Waals surface area contributed by atoms with E-state index >= 15 is 0 Å². The summed E-state index contributed by atoms with van der Waals surface area (Å²) in [5.41, 5.74) is 0. The van der Waals surface area contributed by atoms with Crippen LogP contribution in [0.1, 0.15) is 37.1 Å². The molecule has 4 heteroatoms. The van der Waals surface area contributed by atoms with Gasteiger partial charge in [-0.2, -0.15) is 0 Å². The maximum Gasteiger partial charge on any atom is 0.315 e. The molecular weight excluding hydrogens is 208 g/mol. The number of hydrogen-bond acceptors (Lipinski definition) is 2. The van der Waals surface area contributed by atoms with Crippen molar-refractivity contribution in [3.8, 4) is 0 Å². The highest BCUT2D eigenvalue weighted by molar-refractivity contribution is 7.10. The zero-order chi connectivity index (χ0) is 10.7. The van der Waals surface area contributed by atoms with Gasteiger partial charge in [-0.05, 0) is 37.6 Å². The lowest BCUT2D eigenvalue weighted by Crippen LogP contribution is -2.45. The van der Waals surface area contributed by atoms with Gasteiger partial charge in [-0.15, -0.1) is 11.3 Å². The molecule has 1 atom stereocenters. The molecule has 2 amide bonds. The SMILES string of the molecule is CC(NC(=O)NC1CCC1)c1cccs1. The Balaban J connectivity index is 1.78. The Morgan fingerprint density at radius 1 is 1.60 bits per heavy atom. The monoisotopic (exact) mass is 224 g/mol. The maximum atomic E-state index is 11.5. The first-order valence-electron chi connectivity index (χ1n) is 5.36. The molecule has 0 bridgehead atoms. The highest BCUT2D eigenvalue weighted by Gasteiger charge is 2.20. The third-order valence-electron chi connectivity index (χ3n) is 2.76. The molecule has 2 N–H and O–H groups in total. The van der Waals surface area contributed by atoms with Crippen LogP contribution in [0.3, 0.4) is 0 Å². The highest BCUT2D eigenvalue weighted by atomic mass is 32.1. The number of hydrogen-bond donors (Lipinski definition) is 2. The number of amides is 2. The Kier molecular flexibility index (Phi) is 3.26. The average molecular weight is 224 g/mol. The largest absolute Gasteiger partial charge is 0.335 e. The smallest absolute Gasteiger partial charge is 0.315 e. The first-order valence-corrected chi connectivity index (χ1v) is 6.24. The molecular formula is C11H16N2OS. The van der Waals surface area contributed by atoms with Crippen LogP contribution in [-0.4, -0.2) is 12.1 Å². The van der Waals surface area contributed by atoms with E-state index in [1.54, 1.807) is 11.3 Å². The molecule has 0 saturated heterocycles. The summed E-state index contributed by atoms with van der Waals surface area (Å²) >= 11 is 1.67. The molecule has 1 fully saturated rings. The van der Waals surface area contributed by atoms with E-state index in [9.17, 15) is 4.79 Å². The van der Waals surface area contributed by atoms with Crippen LogP contribution in [0.15, 0.2) is 17.5 Å². The second kappa shape index (κ2) is 4.66. The zero-order valence-electron chi connectivity index (χ0n) is 8.82. The van der Waals surface area contributed by atoms with Gasteiger partial charge >= 0.3 is 6.03 Å². The molecule has 15 heavy (non-hydrogen) atoms. The van der Waals surface area contributed by atoms with Crippen molar-refractivity contribution < 1.29 is 4.79 Å². The number of nitrogens with one attached hydrogen (secondary N) is 2. The quantitative estimate of drug-likeness (QED) is 0.814. The van der Waals surface area contributed by atoms with E-state index in [-0.39, 0.29) is 12.1 Å². The van der Waals surface area contributed by atoms with Crippen LogP contribution in [0.25, 0.3) is 0 Å². The third kappa shape index (κ3) is 2.72. The first kappa shape index (κ1) is 10.5. The molecule has 82 valence electrons. The predicted molar refractivity (Wildman–Crippen MR) is 62.0 cm³/mol. The Morgan fingerprint density at radius 3 is 2.93 bits per heavy atom. The van der Waals surface area contributed by atoms with Crippen LogP contribution in [0, 0.1) is 0 Å². The molecule has 1 aliphatic carbocycles. The Bertz CT molecular complexity index is 319. The summed E-state index contributed by atoms with van der Waals surface area (Å²) in [6.07, 6.45) is 3.49. The minimum atomic E-state index is -0.0411. The van der Waals surface area contributed by atoms with Crippen LogP contribution in [0.5, 0.6) is 0 Å². The molecule has 1 saturated carbocycles. The Hall–Kier alpha value is -1.03. The number of carbonyl (C=O) groups is 1. The van der Waals surface area contributed by atoms with Gasteiger partial charge in [0.25, 0.3) is 0 Å². The molecule has 1 unspecified atom stereocenters. The summed E-state index contributed by atoms with van der Waals surface area (Å²) in [6.45, 7) is 2.01. The second-order valence-electron chi connectivity index (χ2n) is 3.98. The number of urea groups is 1. The third-order valence-corrected chi connectivity index (χ3v) is 3.81. The van der Waals surface area contributed by atoms with Crippen LogP contribution in [0.4, 0.5) is 4.79 Å². The van der Waals surface area contributed by atoms with Crippen molar-refractivity contribution >= 4 is 17.4 Å². The van der Waals surface area contributed by atoms with Crippen molar-refractivity contribution in [3.05, 3.63) is 22.4 Å². The van der Waals surface area contributed by atoms with Crippen molar-refractivity contribution in [2.24, 2.45) is 0 Å². The topological polar surface area (TPSA) is 41.1 Å². The number of rotatable bonds is 3. The molecule has 1 aromatic heterocycles. The second-order valence-corrected chi connectivity index (χ2v) is 4.96. The Labute approximate surface area is 93.9 Å². The summed E-state index contributed by atoms with van der Waals surface area (Å²) in [5, 5.41) is 7.93. The van der Waals surface area contributed by atoms with Gasteiger partial charge in [0, 0.05) is 10.9 Å². The summed E-state index contributed by atoms with van der Waals surface area (Å²) in [4.78, 5) is 12.7. The maximum absolute atomic E-state index is 11.5. The molecule has 0 aromatic carbocycles. The lowest BCUT2D eigenvalue weighted by Gasteiger charge is -2.27. The van der Waals surface area contributed by atoms with Crippen molar-refractivity contribution in [3.63, 3.8) is 0 Å². The van der Waals surface area contributed by atoms with E-state index < -0.39 is 0 Å². The van der Waals surface area contributed by atoms with Crippen molar-refractivity contribution in [1.29, 1.82) is 0 Å². The minimum absolute atomic E-state index is 0.0411. The zero-order valence-corrected chi connectivity index (χ0v) is 9.64. The molecule has 0 radical (unpaired) electrons. The summed E-state index contributed by atoms with van der Waals surface area (Å²) in [5.74, 6) is 0. The summed E-state index contributed by atoms with van der Waals surface area (Å²) in [6, 6.07) is 4.51. The van der Waals surface area contributed by atoms with Crippen LogP contribution < -0.4 is 10.6 Å². The van der Waals surface area contributed by atoms with Gasteiger partial charge in [-0.3, -0.25) is 0 Å². The van der Waals surface area contributed by atoms with E-state index in [0.29, 0.717) is 6.04 Å². The molecule has 0 aliphatic heterocycles. The van der Waals surface area contributed by atoms with Gasteiger partial charge in [-0.25, -0.2) is 4.79 Å². The van der Waals surface area contributed by atoms with Gasteiger partial charge in [0.1, 0.15) is 0 Å². The fourth-order valence-corrected chi connectivity index (χ4v) is 2.32. The van der Waals surface area contributed by atoms with Gasteiger partial charge < -0.3 is 10.6 Å². The lowest BCUT2D eigenvalue weighted by atomic mass is 9.93. The molecule has 1 aromatic rings. The summed E-state index contributed by atoms with van der Waals surface area (Å²) in [7, 11) is 0. The van der Waals surface area contributed by atoms with Crippen LogP contribution in [0.2, 0.25) is 0 Å². The molecule has 1 aliphatic rings. The fourth-order valence-electron chi connectivity index (χ4n) is 1.59. The first-order chi connectivity index (χ1) is 7.25. The van der Waals surface area contributed by atoms with E-state index in [2.05, 4.69) is 10.6 Å². The van der Waals surface area contributed by atoms with Gasteiger partial charge in [0.05, 0.1) is 6.04 Å². The molecule has 0 spiro atoms. The fraction of sp³-hybridized carbons (Fsp3) is 0.545. The van der Waals surface area contributed by atoms with E-state index in [1.165, 1.54) is 11.3 Å². The van der Waals surface area contributed by atoms with Crippen molar-refractivity contribution in [2.75, 3.05) is 0 Å². The predicted octanol–water partition coefficient (Wildman–Crippen LogP) is 2.66. The van der Waals surface area contributed by atoms with Gasteiger partial charge in [-0.1, -0.05) is 6.07 Å². The number of thiophene rings is 1. The lowest BCUT2D eigenvalue weighted by molar-refractivity contribution is 0.225. The average Bonchev–Trinajstić information content (AvgIpc) is 2.64. The van der Waals surface area contributed by atoms with Crippen LogP contribution >= 0.6 is 11.3 Å². The highest BCUT2D eigenvalue weighted by Crippen LogP contribution is 2.19. The Morgan fingerprint density at radius 2 is 2.40 bits per heavy atom. The molecule has 2 rings (SSSR count). The van der Waals surface area contributed by atoms with Gasteiger partial charge in [0.15, 0.2) is 0 Å². The molecule has 3 nitrogen and oxygen atoms in total. The van der Waals surface area contributed by atoms with Crippen LogP contribution in [-0.2, 0) is 0 Å². The normalized spacial score (nSPS) is 17.9. The number of carbonyl (C=O) groups excluding carboxylic acids is 1. The minimum Gasteiger partial charge on any atom is -0.335 e. The standard InChI is InChI=1S/C11H16N2OS/c1-8(10-6-3-7-15-10)12-11(14)13-9-4-2-5-9/h3,6-9H,2,4-5H2,1H3,(H2,12,13,14).